The van der Waals surface area contributed by atoms with Crippen LogP contribution in [0.5, 0.6) is 0 Å². The maximum absolute atomic E-state index is 11.5. The van der Waals surface area contributed by atoms with Crippen molar-refractivity contribution in [3.05, 3.63) is 0 Å². The number of guanidine groups is 1. The average molecular weight is 272 g/mol. The van der Waals surface area contributed by atoms with E-state index in [4.69, 9.17) is 4.74 Å². The molecule has 0 aromatic heterocycles. The third-order valence-corrected chi connectivity index (χ3v) is 2.55. The van der Waals surface area contributed by atoms with E-state index in [1.807, 2.05) is 27.7 Å². The van der Waals surface area contributed by atoms with Gasteiger partial charge in [-0.2, -0.15) is 0 Å². The topological polar surface area (TPSA) is 74.8 Å². The summed E-state index contributed by atoms with van der Waals surface area (Å²) in [6.45, 7) is 9.05. The number of amides is 1. The standard InChI is InChI=1S/C13H28N4O2/c1-10(2)17-11(18)7-8-15-12(14-5)16-9-13(3,4)19-6/h10H,7-9H2,1-6H3,(H,17,18)(H2,14,15,16). The Hall–Kier alpha value is -1.30. The van der Waals surface area contributed by atoms with Crippen LogP contribution in [-0.2, 0) is 9.53 Å². The van der Waals surface area contributed by atoms with Crippen molar-refractivity contribution in [2.45, 2.75) is 45.8 Å². The summed E-state index contributed by atoms with van der Waals surface area (Å²) in [6, 6.07) is 0.174. The van der Waals surface area contributed by atoms with Crippen LogP contribution in [0, 0.1) is 0 Å². The van der Waals surface area contributed by atoms with Crippen LogP contribution in [0.15, 0.2) is 4.99 Å². The van der Waals surface area contributed by atoms with Gasteiger partial charge in [0.25, 0.3) is 0 Å². The molecular weight excluding hydrogens is 244 g/mol. The summed E-state index contributed by atoms with van der Waals surface area (Å²) in [5.74, 6) is 0.706. The smallest absolute Gasteiger partial charge is 0.221 e. The molecule has 0 aromatic carbocycles. The highest BCUT2D eigenvalue weighted by Crippen LogP contribution is 2.04. The summed E-state index contributed by atoms with van der Waals surface area (Å²) in [7, 11) is 3.37. The van der Waals surface area contributed by atoms with Crippen LogP contribution in [0.2, 0.25) is 0 Å². The van der Waals surface area contributed by atoms with Crippen molar-refractivity contribution in [2.24, 2.45) is 4.99 Å². The summed E-state index contributed by atoms with van der Waals surface area (Å²) in [5.41, 5.74) is -0.257. The Morgan fingerprint density at radius 1 is 1.32 bits per heavy atom. The van der Waals surface area contributed by atoms with Gasteiger partial charge in [-0.15, -0.1) is 0 Å². The van der Waals surface area contributed by atoms with Crippen LogP contribution in [0.3, 0.4) is 0 Å². The van der Waals surface area contributed by atoms with Gasteiger partial charge in [0.15, 0.2) is 5.96 Å². The number of nitrogens with zero attached hydrogens (tertiary/aromatic N) is 1. The Bertz CT molecular complexity index is 301. The molecule has 0 spiro atoms. The Morgan fingerprint density at radius 3 is 2.42 bits per heavy atom. The molecule has 0 aliphatic heterocycles. The molecule has 0 rings (SSSR count). The average Bonchev–Trinajstić information content (AvgIpc) is 2.32. The van der Waals surface area contributed by atoms with Gasteiger partial charge >= 0.3 is 0 Å². The van der Waals surface area contributed by atoms with Crippen molar-refractivity contribution in [1.29, 1.82) is 0 Å². The third-order valence-electron chi connectivity index (χ3n) is 2.55. The van der Waals surface area contributed by atoms with Crippen LogP contribution in [-0.4, -0.2) is 50.8 Å². The Morgan fingerprint density at radius 2 is 1.95 bits per heavy atom. The van der Waals surface area contributed by atoms with E-state index in [2.05, 4.69) is 20.9 Å². The number of nitrogens with one attached hydrogen (secondary N) is 3. The highest BCUT2D eigenvalue weighted by molar-refractivity contribution is 5.81. The van der Waals surface area contributed by atoms with E-state index in [1.54, 1.807) is 14.2 Å². The number of methoxy groups -OCH3 is 1. The molecule has 0 aliphatic rings. The van der Waals surface area contributed by atoms with E-state index < -0.39 is 0 Å². The number of rotatable bonds is 7. The molecule has 19 heavy (non-hydrogen) atoms. The van der Waals surface area contributed by atoms with Crippen LogP contribution < -0.4 is 16.0 Å². The Labute approximate surface area is 116 Å². The number of hydrogen-bond donors (Lipinski definition) is 3. The Balaban J connectivity index is 3.93. The van der Waals surface area contributed by atoms with Crippen LogP contribution in [0.4, 0.5) is 0 Å². The fourth-order valence-electron chi connectivity index (χ4n) is 1.28. The molecule has 112 valence electrons. The second kappa shape index (κ2) is 8.74. The Kier molecular flexibility index (Phi) is 8.14. The van der Waals surface area contributed by atoms with Gasteiger partial charge < -0.3 is 20.7 Å². The van der Waals surface area contributed by atoms with Crippen molar-refractivity contribution in [3.63, 3.8) is 0 Å². The van der Waals surface area contributed by atoms with Gasteiger partial charge in [-0.25, -0.2) is 0 Å². The van der Waals surface area contributed by atoms with Gasteiger partial charge in [-0.05, 0) is 27.7 Å². The van der Waals surface area contributed by atoms with E-state index in [0.29, 0.717) is 25.5 Å². The molecule has 0 heterocycles. The highest BCUT2D eigenvalue weighted by Gasteiger charge is 2.16. The summed E-state index contributed by atoms with van der Waals surface area (Å²) in [5, 5.41) is 9.09. The zero-order chi connectivity index (χ0) is 14.9. The van der Waals surface area contributed by atoms with E-state index in [0.717, 1.165) is 0 Å². The lowest BCUT2D eigenvalue weighted by Gasteiger charge is -2.24. The minimum atomic E-state index is -0.257. The predicted molar refractivity (Wildman–Crippen MR) is 78.3 cm³/mol. The number of hydrogen-bond acceptors (Lipinski definition) is 3. The fraction of sp³-hybridized carbons (Fsp3) is 0.846. The number of ether oxygens (including phenoxy) is 1. The van der Waals surface area contributed by atoms with Crippen molar-refractivity contribution >= 4 is 11.9 Å². The number of carbonyl (C=O) groups excluding carboxylic acids is 1. The lowest BCUT2D eigenvalue weighted by molar-refractivity contribution is -0.121. The highest BCUT2D eigenvalue weighted by atomic mass is 16.5. The van der Waals surface area contributed by atoms with Crippen LogP contribution in [0.25, 0.3) is 0 Å². The molecule has 0 unspecified atom stereocenters. The molecular formula is C13H28N4O2. The second-order valence-corrected chi connectivity index (χ2v) is 5.29. The maximum Gasteiger partial charge on any atom is 0.221 e. The molecule has 1 amide bonds. The van der Waals surface area contributed by atoms with Gasteiger partial charge in [-0.3, -0.25) is 9.79 Å². The van der Waals surface area contributed by atoms with Crippen LogP contribution in [0.1, 0.15) is 34.1 Å². The largest absolute Gasteiger partial charge is 0.377 e. The molecule has 0 saturated carbocycles. The maximum atomic E-state index is 11.5. The first-order chi connectivity index (χ1) is 8.80. The SMILES string of the molecule is CN=C(NCCC(=O)NC(C)C)NCC(C)(C)OC. The summed E-state index contributed by atoms with van der Waals surface area (Å²) >= 11 is 0. The van der Waals surface area contributed by atoms with E-state index in [9.17, 15) is 4.79 Å². The monoisotopic (exact) mass is 272 g/mol. The molecule has 0 atom stereocenters. The lowest BCUT2D eigenvalue weighted by Crippen LogP contribution is -2.46. The fourth-order valence-corrected chi connectivity index (χ4v) is 1.28. The number of aliphatic imine (C=N–C) groups is 1. The molecule has 0 aromatic rings. The second-order valence-electron chi connectivity index (χ2n) is 5.29. The van der Waals surface area contributed by atoms with Gasteiger partial charge in [0.1, 0.15) is 0 Å². The molecule has 0 bridgehead atoms. The molecule has 0 aliphatic carbocycles. The van der Waals surface area contributed by atoms with Crippen molar-refractivity contribution in [1.82, 2.24) is 16.0 Å². The molecule has 0 saturated heterocycles. The molecule has 3 N–H and O–H groups in total. The third kappa shape index (κ3) is 9.30. The lowest BCUT2D eigenvalue weighted by atomic mass is 10.1. The first kappa shape index (κ1) is 17.7. The molecule has 0 radical (unpaired) electrons. The zero-order valence-electron chi connectivity index (χ0n) is 13.0. The normalized spacial score (nSPS) is 12.5. The van der Waals surface area contributed by atoms with Crippen molar-refractivity contribution in [2.75, 3.05) is 27.2 Å². The van der Waals surface area contributed by atoms with Gasteiger partial charge in [0.2, 0.25) is 5.91 Å². The van der Waals surface area contributed by atoms with E-state index in [-0.39, 0.29) is 17.6 Å². The van der Waals surface area contributed by atoms with Gasteiger partial charge in [-0.1, -0.05) is 0 Å². The van der Waals surface area contributed by atoms with E-state index in [1.165, 1.54) is 0 Å². The minimum Gasteiger partial charge on any atom is -0.377 e. The quantitative estimate of drug-likeness (QED) is 0.466. The molecule has 6 heteroatoms. The first-order valence-electron chi connectivity index (χ1n) is 6.59. The van der Waals surface area contributed by atoms with Crippen LogP contribution >= 0.6 is 0 Å². The summed E-state index contributed by atoms with van der Waals surface area (Å²) in [6.07, 6.45) is 0.423. The summed E-state index contributed by atoms with van der Waals surface area (Å²) in [4.78, 5) is 15.5. The minimum absolute atomic E-state index is 0.0372. The van der Waals surface area contributed by atoms with Crippen molar-refractivity contribution in [3.8, 4) is 0 Å². The number of carbonyl (C=O) groups is 1. The zero-order valence-corrected chi connectivity index (χ0v) is 13.0. The van der Waals surface area contributed by atoms with Gasteiger partial charge in [0.05, 0.1) is 5.60 Å². The first-order valence-corrected chi connectivity index (χ1v) is 6.59. The van der Waals surface area contributed by atoms with Gasteiger partial charge in [0, 0.05) is 39.7 Å². The predicted octanol–water partition coefficient (Wildman–Crippen LogP) is 0.491. The molecule has 6 nitrogen and oxygen atoms in total. The van der Waals surface area contributed by atoms with Crippen molar-refractivity contribution < 1.29 is 9.53 Å². The van der Waals surface area contributed by atoms with E-state index >= 15 is 0 Å². The summed E-state index contributed by atoms with van der Waals surface area (Å²) < 4.78 is 5.31. The molecule has 0 fully saturated rings.